The van der Waals surface area contributed by atoms with Gasteiger partial charge in [-0.15, -0.1) is 0 Å². The van der Waals surface area contributed by atoms with E-state index in [1.807, 2.05) is 24.7 Å². The number of hydrogen-bond donors (Lipinski definition) is 2. The van der Waals surface area contributed by atoms with E-state index >= 15 is 0 Å². The van der Waals surface area contributed by atoms with Crippen LogP contribution in [0, 0.1) is 0 Å². The Bertz CT molecular complexity index is 1330. The van der Waals surface area contributed by atoms with Crippen LogP contribution in [0.25, 0.3) is 22.2 Å². The highest BCUT2D eigenvalue weighted by atomic mass is 32.2. The minimum absolute atomic E-state index is 0.0259. The molecule has 11 heteroatoms. The van der Waals surface area contributed by atoms with Gasteiger partial charge >= 0.3 is 5.69 Å². The zero-order valence-corrected chi connectivity index (χ0v) is 17.7. The van der Waals surface area contributed by atoms with E-state index in [2.05, 4.69) is 10.1 Å². The molecule has 3 aromatic rings. The maximum Gasteiger partial charge on any atom is 0.348 e. The molecule has 0 unspecified atom stereocenters. The molecular formula is C19H23N5O5S. The number of carbonyl (C=O) groups excluding carboxylic acids is 1. The number of carbonyl (C=O) groups is 1. The summed E-state index contributed by atoms with van der Waals surface area (Å²) < 4.78 is 26.5. The number of nitrogens with one attached hydrogen (secondary N) is 2. The van der Waals surface area contributed by atoms with Crippen LogP contribution < -0.4 is 16.1 Å². The average molecular weight is 433 g/mol. The fraction of sp³-hybridized carbons (Fsp3) is 0.368. The molecule has 0 radical (unpaired) electrons. The summed E-state index contributed by atoms with van der Waals surface area (Å²) in [5.74, 6) is -1.35. The Morgan fingerprint density at radius 1 is 1.20 bits per heavy atom. The van der Waals surface area contributed by atoms with Crippen molar-refractivity contribution in [2.24, 2.45) is 0 Å². The van der Waals surface area contributed by atoms with Gasteiger partial charge in [-0.25, -0.2) is 18.0 Å². The lowest BCUT2D eigenvalue weighted by Gasteiger charge is -2.13. The summed E-state index contributed by atoms with van der Waals surface area (Å²) in [6.07, 6.45) is 2.34. The molecular weight excluding hydrogens is 410 g/mol. The van der Waals surface area contributed by atoms with Crippen LogP contribution in [-0.2, 0) is 27.8 Å². The van der Waals surface area contributed by atoms with Crippen LogP contribution in [0.15, 0.2) is 34.0 Å². The van der Waals surface area contributed by atoms with E-state index < -0.39 is 32.8 Å². The van der Waals surface area contributed by atoms with Crippen LogP contribution >= 0.6 is 0 Å². The van der Waals surface area contributed by atoms with E-state index in [-0.39, 0.29) is 11.8 Å². The molecule has 2 N–H and O–H groups in total. The van der Waals surface area contributed by atoms with Crippen LogP contribution in [0.2, 0.25) is 0 Å². The molecule has 30 heavy (non-hydrogen) atoms. The largest absolute Gasteiger partial charge is 0.348 e. The average Bonchev–Trinajstić information content (AvgIpc) is 3.18. The molecule has 2 heterocycles. The summed E-state index contributed by atoms with van der Waals surface area (Å²) >= 11 is 0. The first-order chi connectivity index (χ1) is 14.2. The predicted octanol–water partition coefficient (Wildman–Crippen LogP) is 0.988. The molecule has 0 atom stereocenters. The molecule has 3 rings (SSSR count). The number of hydrogen-bond acceptors (Lipinski definition) is 6. The van der Waals surface area contributed by atoms with Gasteiger partial charge in [-0.3, -0.25) is 14.3 Å². The lowest BCUT2D eigenvalue weighted by molar-refractivity contribution is -0.116. The van der Waals surface area contributed by atoms with Gasteiger partial charge in [-0.1, -0.05) is 13.8 Å². The molecule has 2 aromatic heterocycles. The van der Waals surface area contributed by atoms with Crippen molar-refractivity contribution < 1.29 is 13.2 Å². The summed E-state index contributed by atoms with van der Waals surface area (Å²) in [6.45, 7) is 6.06. The number of rotatable bonds is 8. The smallest absolute Gasteiger partial charge is 0.305 e. The minimum Gasteiger partial charge on any atom is -0.305 e. The van der Waals surface area contributed by atoms with Gasteiger partial charge in [0.1, 0.15) is 11.5 Å². The van der Waals surface area contributed by atoms with E-state index in [0.29, 0.717) is 23.2 Å². The fourth-order valence-electron chi connectivity index (χ4n) is 3.22. The monoisotopic (exact) mass is 433 g/mol. The Morgan fingerprint density at radius 3 is 2.57 bits per heavy atom. The minimum atomic E-state index is -4.21. The zero-order chi connectivity index (χ0) is 22.1. The van der Waals surface area contributed by atoms with Crippen LogP contribution in [0.1, 0.15) is 32.8 Å². The number of fused-ring (bicyclic) bond motifs is 1. The van der Waals surface area contributed by atoms with E-state index in [9.17, 15) is 22.8 Å². The van der Waals surface area contributed by atoms with E-state index in [0.717, 1.165) is 16.8 Å². The Balaban J connectivity index is 2.20. The predicted molar refractivity (Wildman–Crippen MR) is 114 cm³/mol. The second-order valence-electron chi connectivity index (χ2n) is 6.75. The van der Waals surface area contributed by atoms with Gasteiger partial charge in [-0.05, 0) is 37.1 Å². The second-order valence-corrected chi connectivity index (χ2v) is 8.45. The van der Waals surface area contributed by atoms with Gasteiger partial charge in [0.2, 0.25) is 0 Å². The van der Waals surface area contributed by atoms with Gasteiger partial charge in [0.25, 0.3) is 15.6 Å². The number of aryl methyl sites for hydroxylation is 2. The highest BCUT2D eigenvalue weighted by Crippen LogP contribution is 2.27. The number of aromatic amines is 1. The van der Waals surface area contributed by atoms with Crippen molar-refractivity contribution in [1.29, 1.82) is 0 Å². The Kier molecular flexibility index (Phi) is 5.92. The zero-order valence-electron chi connectivity index (χ0n) is 16.9. The van der Waals surface area contributed by atoms with Gasteiger partial charge in [0.05, 0.1) is 16.6 Å². The fourth-order valence-corrected chi connectivity index (χ4v) is 4.36. The highest BCUT2D eigenvalue weighted by molar-refractivity contribution is 7.93. The molecule has 10 nitrogen and oxygen atoms in total. The van der Waals surface area contributed by atoms with Crippen LogP contribution in [0.5, 0.6) is 0 Å². The third-order valence-electron chi connectivity index (χ3n) is 4.77. The summed E-state index contributed by atoms with van der Waals surface area (Å²) in [4.78, 5) is 41.3. The number of ketones is 1. The first kappa shape index (κ1) is 21.5. The molecule has 0 spiro atoms. The summed E-state index contributed by atoms with van der Waals surface area (Å²) in [5.41, 5.74) is 1.01. The number of H-pyrrole nitrogens is 1. The third-order valence-corrected chi connectivity index (χ3v) is 5.93. The normalized spacial score (nSPS) is 11.7. The number of aromatic nitrogens is 4. The molecule has 0 aliphatic heterocycles. The molecule has 0 saturated heterocycles. The highest BCUT2D eigenvalue weighted by Gasteiger charge is 2.20. The van der Waals surface area contributed by atoms with Crippen molar-refractivity contribution in [3.05, 3.63) is 50.8 Å². The third kappa shape index (κ3) is 4.06. The molecule has 160 valence electrons. The summed E-state index contributed by atoms with van der Waals surface area (Å²) in [6, 6.07) is 5.16. The Hall–Kier alpha value is -3.21. The lowest BCUT2D eigenvalue weighted by atomic mass is 9.99. The summed E-state index contributed by atoms with van der Waals surface area (Å²) in [5, 5.41) is 4.39. The van der Waals surface area contributed by atoms with Crippen molar-refractivity contribution in [2.45, 2.75) is 40.2 Å². The van der Waals surface area contributed by atoms with Crippen LogP contribution in [-0.4, -0.2) is 39.4 Å². The van der Waals surface area contributed by atoms with Gasteiger partial charge in [-0.2, -0.15) is 9.77 Å². The molecule has 0 amide bonds. The van der Waals surface area contributed by atoms with Crippen molar-refractivity contribution in [2.75, 3.05) is 10.6 Å². The first-order valence-corrected chi connectivity index (χ1v) is 11.2. The van der Waals surface area contributed by atoms with Crippen molar-refractivity contribution >= 4 is 26.7 Å². The molecule has 0 aliphatic carbocycles. The molecule has 0 fully saturated rings. The van der Waals surface area contributed by atoms with Gasteiger partial charge in [0, 0.05) is 24.7 Å². The van der Waals surface area contributed by atoms with Gasteiger partial charge in [0.15, 0.2) is 0 Å². The summed E-state index contributed by atoms with van der Waals surface area (Å²) in [7, 11) is -4.21. The number of nitrogens with zero attached hydrogens (tertiary/aromatic N) is 3. The van der Waals surface area contributed by atoms with Crippen LogP contribution in [0.4, 0.5) is 0 Å². The molecule has 0 saturated carbocycles. The van der Waals surface area contributed by atoms with Crippen molar-refractivity contribution in [3.63, 3.8) is 0 Å². The maximum absolute atomic E-state index is 13.0. The number of sulfonamides is 1. The maximum atomic E-state index is 13.0. The quantitative estimate of drug-likeness (QED) is 0.544. The Labute approximate surface area is 172 Å². The standard InChI is InChI=1S/C19H23N5O5S/c1-4-12-9-16-15(10-14(12)17-7-8-20-23(17)6-3)18(26)24(19(27)21-16)22-30(28,29)11-13(25)5-2/h7-10,22H,4-6,11H2,1-3H3,(H,21,27). The molecule has 1 aromatic carbocycles. The number of benzene rings is 1. The SMILES string of the molecule is CCC(=O)CS(=O)(=O)Nn1c(=O)[nH]c2cc(CC)c(-c3ccnn3CC)cc2c1=O. The topological polar surface area (TPSA) is 136 Å². The number of Topliss-reactive ketones (excluding diaryl/α,β-unsaturated/α-hetero) is 1. The second kappa shape index (κ2) is 8.27. The van der Waals surface area contributed by atoms with E-state index in [4.69, 9.17) is 0 Å². The van der Waals surface area contributed by atoms with Gasteiger partial charge < -0.3 is 4.98 Å². The van der Waals surface area contributed by atoms with Crippen molar-refractivity contribution in [1.82, 2.24) is 19.4 Å². The van der Waals surface area contributed by atoms with E-state index in [1.54, 1.807) is 23.0 Å². The Morgan fingerprint density at radius 2 is 1.93 bits per heavy atom. The lowest BCUT2D eigenvalue weighted by Crippen LogP contribution is -2.44. The molecule has 0 bridgehead atoms. The first-order valence-electron chi connectivity index (χ1n) is 9.57. The van der Waals surface area contributed by atoms with Crippen molar-refractivity contribution in [3.8, 4) is 11.3 Å². The van der Waals surface area contributed by atoms with E-state index in [1.165, 1.54) is 6.92 Å². The van der Waals surface area contributed by atoms with Crippen LogP contribution in [0.3, 0.4) is 0 Å². The molecule has 0 aliphatic rings.